The summed E-state index contributed by atoms with van der Waals surface area (Å²) in [5.74, 6) is 2.34. The van der Waals surface area contributed by atoms with E-state index >= 15 is 0 Å². The van der Waals surface area contributed by atoms with E-state index < -0.39 is 0 Å². The minimum Gasteiger partial charge on any atom is -0.460 e. The predicted octanol–water partition coefficient (Wildman–Crippen LogP) is 4.07. The van der Waals surface area contributed by atoms with Crippen LogP contribution in [0.5, 0.6) is 0 Å². The third-order valence-corrected chi connectivity index (χ3v) is 5.18. The number of benzene rings is 1. The van der Waals surface area contributed by atoms with Crippen molar-refractivity contribution < 1.29 is 14.3 Å². The van der Waals surface area contributed by atoms with Crippen LogP contribution in [0.15, 0.2) is 64.6 Å². The second-order valence-corrected chi connectivity index (χ2v) is 7.14. The number of likely N-dealkylation sites (N-methyl/N-ethyl adjacent to an activating group) is 1. The van der Waals surface area contributed by atoms with Gasteiger partial charge in [0.2, 0.25) is 0 Å². The maximum atomic E-state index is 11.5. The Morgan fingerprint density at radius 1 is 1.30 bits per heavy atom. The molecule has 0 saturated carbocycles. The fourth-order valence-electron chi connectivity index (χ4n) is 3.08. The fraction of sp³-hybridized carbons (Fsp3) is 0.375. The molecule has 160 valence electrons. The lowest BCUT2D eigenvalue weighted by atomic mass is 10.1. The zero-order valence-corrected chi connectivity index (χ0v) is 18.2. The predicted molar refractivity (Wildman–Crippen MR) is 121 cm³/mol. The molecule has 1 N–H and O–H groups in total. The van der Waals surface area contributed by atoms with Gasteiger partial charge in [0, 0.05) is 19.0 Å². The van der Waals surface area contributed by atoms with E-state index in [9.17, 15) is 9.59 Å². The van der Waals surface area contributed by atoms with Crippen molar-refractivity contribution in [3.05, 3.63) is 65.2 Å². The van der Waals surface area contributed by atoms with Gasteiger partial charge in [0.1, 0.15) is 23.6 Å². The summed E-state index contributed by atoms with van der Waals surface area (Å²) in [6.45, 7) is 6.40. The second-order valence-electron chi connectivity index (χ2n) is 7.14. The van der Waals surface area contributed by atoms with Crippen LogP contribution >= 0.6 is 0 Å². The van der Waals surface area contributed by atoms with Crippen molar-refractivity contribution in [3.63, 3.8) is 0 Å². The molecular formula is C24H31N3O3. The number of likely N-dealkylation sites (tertiary alicyclic amines) is 1. The molecule has 0 radical (unpaired) electrons. The molecule has 1 atom stereocenters. The van der Waals surface area contributed by atoms with Gasteiger partial charge in [0.25, 0.3) is 0 Å². The maximum Gasteiger partial charge on any atom is 0.167 e. The van der Waals surface area contributed by atoms with E-state index in [0.29, 0.717) is 24.4 Å². The molecule has 1 heterocycles. The minimum atomic E-state index is -0.141. The Morgan fingerprint density at radius 2 is 2.03 bits per heavy atom. The molecule has 0 aliphatic carbocycles. The van der Waals surface area contributed by atoms with Gasteiger partial charge in [-0.1, -0.05) is 37.3 Å². The van der Waals surface area contributed by atoms with Gasteiger partial charge in [-0.05, 0) is 38.3 Å². The van der Waals surface area contributed by atoms with Gasteiger partial charge in [-0.25, -0.2) is 4.99 Å². The SMILES string of the molecule is C/C=C(/CN/C(C=O)=C/N=C1CCC(C=O)N1C)OC(=C(C)CC)c1ccccc1. The van der Waals surface area contributed by atoms with Crippen LogP contribution < -0.4 is 5.32 Å². The Balaban J connectivity index is 2.08. The molecule has 2 rings (SSSR count). The van der Waals surface area contributed by atoms with E-state index in [1.165, 1.54) is 6.20 Å². The van der Waals surface area contributed by atoms with E-state index in [-0.39, 0.29) is 6.04 Å². The molecule has 0 aromatic heterocycles. The monoisotopic (exact) mass is 409 g/mol. The summed E-state index contributed by atoms with van der Waals surface area (Å²) < 4.78 is 6.21. The number of nitrogens with one attached hydrogen (secondary N) is 1. The highest BCUT2D eigenvalue weighted by Gasteiger charge is 2.24. The van der Waals surface area contributed by atoms with Gasteiger partial charge in [0.05, 0.1) is 24.5 Å². The number of hydrogen-bond acceptors (Lipinski definition) is 5. The largest absolute Gasteiger partial charge is 0.460 e. The molecule has 1 saturated heterocycles. The summed E-state index contributed by atoms with van der Waals surface area (Å²) >= 11 is 0. The highest BCUT2D eigenvalue weighted by Crippen LogP contribution is 2.24. The van der Waals surface area contributed by atoms with E-state index in [2.05, 4.69) is 24.2 Å². The molecular weight excluding hydrogens is 378 g/mol. The van der Waals surface area contributed by atoms with Crippen LogP contribution in [0.3, 0.4) is 0 Å². The molecule has 1 aliphatic rings. The van der Waals surface area contributed by atoms with Crippen molar-refractivity contribution in [2.24, 2.45) is 4.99 Å². The summed E-state index contributed by atoms with van der Waals surface area (Å²) in [4.78, 5) is 28.7. The molecule has 1 fully saturated rings. The molecule has 1 aromatic rings. The highest BCUT2D eigenvalue weighted by molar-refractivity contribution is 5.88. The molecule has 0 spiro atoms. The highest BCUT2D eigenvalue weighted by atomic mass is 16.5. The first-order valence-corrected chi connectivity index (χ1v) is 10.3. The third kappa shape index (κ3) is 6.17. The van der Waals surface area contributed by atoms with Crippen LogP contribution in [0.25, 0.3) is 5.76 Å². The van der Waals surface area contributed by atoms with Crippen LogP contribution in [0, 0.1) is 0 Å². The van der Waals surface area contributed by atoms with Crippen molar-refractivity contribution in [1.82, 2.24) is 10.2 Å². The normalized spacial score (nSPS) is 19.5. The quantitative estimate of drug-likeness (QED) is 0.358. The first-order valence-electron chi connectivity index (χ1n) is 10.3. The Labute approximate surface area is 179 Å². The number of carbonyl (C=O) groups is 2. The lowest BCUT2D eigenvalue weighted by Crippen LogP contribution is -2.29. The lowest BCUT2D eigenvalue weighted by molar-refractivity contribution is -0.110. The first kappa shape index (κ1) is 23.1. The van der Waals surface area contributed by atoms with Gasteiger partial charge in [-0.3, -0.25) is 4.79 Å². The smallest absolute Gasteiger partial charge is 0.167 e. The molecule has 0 bridgehead atoms. The van der Waals surface area contributed by atoms with Gasteiger partial charge in [-0.15, -0.1) is 0 Å². The molecule has 1 aliphatic heterocycles. The van der Waals surface area contributed by atoms with E-state index in [4.69, 9.17) is 4.74 Å². The average molecular weight is 410 g/mol. The van der Waals surface area contributed by atoms with E-state index in [1.807, 2.05) is 55.3 Å². The van der Waals surface area contributed by atoms with Gasteiger partial charge in [-0.2, -0.15) is 0 Å². The molecule has 6 heteroatoms. The Kier molecular flexibility index (Phi) is 9.06. The Hall–Kier alpha value is -3.15. The summed E-state index contributed by atoms with van der Waals surface area (Å²) in [6.07, 6.45) is 7.38. The van der Waals surface area contributed by atoms with Crippen molar-refractivity contribution >= 4 is 24.2 Å². The maximum absolute atomic E-state index is 11.5. The molecule has 0 amide bonds. The number of rotatable bonds is 10. The Bertz CT molecular complexity index is 854. The van der Waals surface area contributed by atoms with Crippen molar-refractivity contribution in [2.75, 3.05) is 13.6 Å². The standard InChI is InChI=1S/C24H31N3O3/c1-5-18(3)24(19-10-8-7-9-11-19)30-22(6-2)15-25-20(16-28)14-26-23-13-12-21(17-29)27(23)4/h6-11,14,16-17,21,25H,5,12-13,15H2,1-4H3/b20-14+,22-6-,24-18?,26-23?. The lowest BCUT2D eigenvalue weighted by Gasteiger charge is -2.17. The van der Waals surface area contributed by atoms with Crippen molar-refractivity contribution in [2.45, 2.75) is 46.1 Å². The number of allylic oxidation sites excluding steroid dienone is 3. The number of aldehydes is 2. The number of carbonyl (C=O) groups excluding carboxylic acids is 2. The number of amidine groups is 1. The Morgan fingerprint density at radius 3 is 2.60 bits per heavy atom. The van der Waals surface area contributed by atoms with Gasteiger partial charge >= 0.3 is 0 Å². The summed E-state index contributed by atoms with van der Waals surface area (Å²) in [5.41, 5.74) is 2.51. The van der Waals surface area contributed by atoms with Gasteiger partial charge < -0.3 is 19.7 Å². The van der Waals surface area contributed by atoms with Crippen LogP contribution in [0.1, 0.15) is 45.6 Å². The molecule has 1 unspecified atom stereocenters. The van der Waals surface area contributed by atoms with Crippen LogP contribution in [-0.4, -0.2) is 42.9 Å². The van der Waals surface area contributed by atoms with Crippen LogP contribution in [0.2, 0.25) is 0 Å². The number of ether oxygens (including phenoxy) is 1. The van der Waals surface area contributed by atoms with Crippen LogP contribution in [-0.2, 0) is 14.3 Å². The second kappa shape index (κ2) is 11.8. The number of hydrogen-bond donors (Lipinski definition) is 1. The van der Waals surface area contributed by atoms with E-state index in [1.54, 1.807) is 0 Å². The van der Waals surface area contributed by atoms with Crippen LogP contribution in [0.4, 0.5) is 0 Å². The summed E-state index contributed by atoms with van der Waals surface area (Å²) in [5, 5.41) is 3.08. The number of nitrogens with zero attached hydrogens (tertiary/aromatic N) is 2. The molecule has 30 heavy (non-hydrogen) atoms. The third-order valence-electron chi connectivity index (χ3n) is 5.18. The number of aliphatic imine (C=N–C) groups is 1. The topological polar surface area (TPSA) is 71.0 Å². The minimum absolute atomic E-state index is 0.141. The summed E-state index contributed by atoms with van der Waals surface area (Å²) in [6, 6.07) is 9.84. The molecule has 1 aromatic carbocycles. The first-order chi connectivity index (χ1) is 14.5. The van der Waals surface area contributed by atoms with E-state index in [0.717, 1.165) is 48.1 Å². The van der Waals surface area contributed by atoms with Crippen molar-refractivity contribution in [3.8, 4) is 0 Å². The van der Waals surface area contributed by atoms with Crippen molar-refractivity contribution in [1.29, 1.82) is 0 Å². The zero-order chi connectivity index (χ0) is 21.9. The molecule has 6 nitrogen and oxygen atoms in total. The summed E-state index contributed by atoms with van der Waals surface area (Å²) in [7, 11) is 1.84. The average Bonchev–Trinajstić information content (AvgIpc) is 3.15. The zero-order valence-electron chi connectivity index (χ0n) is 18.2. The van der Waals surface area contributed by atoms with Gasteiger partial charge in [0.15, 0.2) is 6.29 Å². The fourth-order valence-corrected chi connectivity index (χ4v) is 3.08.